The molecule has 3 rings (SSSR count). The Balaban J connectivity index is 1.92. The summed E-state index contributed by atoms with van der Waals surface area (Å²) in [7, 11) is 1.27. The molecule has 0 unspecified atom stereocenters. The molecule has 0 bridgehead atoms. The standard InChI is InChI=1S/C20H15F2IN2O4/c1-11-3-4-12(20(27)28-2)7-16(11)25-10-24-18(17(23)19(25)26)29-9-13-5-6-14(21)8-15(13)22/h3-8,10H,9H2,1-2H3. The molecule has 0 amide bonds. The Morgan fingerprint density at radius 1 is 1.21 bits per heavy atom. The third-order valence-electron chi connectivity index (χ3n) is 4.15. The largest absolute Gasteiger partial charge is 0.472 e. The average Bonchev–Trinajstić information content (AvgIpc) is 2.70. The number of methoxy groups -OCH3 is 1. The van der Waals surface area contributed by atoms with Gasteiger partial charge >= 0.3 is 5.97 Å². The van der Waals surface area contributed by atoms with Crippen molar-refractivity contribution in [2.45, 2.75) is 13.5 Å². The maximum Gasteiger partial charge on any atom is 0.337 e. The molecule has 1 heterocycles. The topological polar surface area (TPSA) is 70.4 Å². The summed E-state index contributed by atoms with van der Waals surface area (Å²) < 4.78 is 38.4. The maximum absolute atomic E-state index is 13.7. The van der Waals surface area contributed by atoms with E-state index < -0.39 is 23.2 Å². The molecule has 0 aliphatic carbocycles. The fourth-order valence-corrected chi connectivity index (χ4v) is 3.14. The first-order valence-electron chi connectivity index (χ1n) is 8.35. The van der Waals surface area contributed by atoms with Crippen molar-refractivity contribution in [2.24, 2.45) is 0 Å². The monoisotopic (exact) mass is 512 g/mol. The van der Waals surface area contributed by atoms with Crippen molar-refractivity contribution in [3.8, 4) is 11.6 Å². The number of hydrogen-bond donors (Lipinski definition) is 0. The number of halogens is 3. The predicted octanol–water partition coefficient (Wildman–Crippen LogP) is 3.79. The molecule has 2 aromatic carbocycles. The van der Waals surface area contributed by atoms with Crippen LogP contribution in [-0.2, 0) is 11.3 Å². The van der Waals surface area contributed by atoms with E-state index in [1.54, 1.807) is 41.6 Å². The van der Waals surface area contributed by atoms with Crippen LogP contribution in [0.5, 0.6) is 5.88 Å². The third kappa shape index (κ3) is 4.44. The van der Waals surface area contributed by atoms with E-state index in [4.69, 9.17) is 9.47 Å². The molecule has 6 nitrogen and oxygen atoms in total. The summed E-state index contributed by atoms with van der Waals surface area (Å²) in [6, 6.07) is 7.97. The van der Waals surface area contributed by atoms with Gasteiger partial charge in [0.1, 0.15) is 28.1 Å². The molecule has 0 N–H and O–H groups in total. The summed E-state index contributed by atoms with van der Waals surface area (Å²) >= 11 is 1.79. The van der Waals surface area contributed by atoms with Gasteiger partial charge in [-0.25, -0.2) is 18.6 Å². The molecular formula is C20H15F2IN2O4. The molecule has 0 saturated carbocycles. The zero-order valence-corrected chi connectivity index (χ0v) is 17.6. The first kappa shape index (κ1) is 20.9. The number of rotatable bonds is 5. The number of aryl methyl sites for hydroxylation is 1. The Kier molecular flexibility index (Phi) is 6.26. The van der Waals surface area contributed by atoms with E-state index in [9.17, 15) is 18.4 Å². The second-order valence-electron chi connectivity index (χ2n) is 6.06. The number of aromatic nitrogens is 2. The van der Waals surface area contributed by atoms with Gasteiger partial charge in [-0.1, -0.05) is 6.07 Å². The Morgan fingerprint density at radius 2 is 1.97 bits per heavy atom. The van der Waals surface area contributed by atoms with Crippen LogP contribution in [0.25, 0.3) is 5.69 Å². The second kappa shape index (κ2) is 8.68. The molecule has 9 heteroatoms. The Morgan fingerprint density at radius 3 is 2.66 bits per heavy atom. The molecule has 0 aliphatic heterocycles. The minimum atomic E-state index is -0.747. The van der Waals surface area contributed by atoms with E-state index in [1.165, 1.54) is 30.1 Å². The second-order valence-corrected chi connectivity index (χ2v) is 7.13. The van der Waals surface area contributed by atoms with Crippen LogP contribution in [-0.4, -0.2) is 22.6 Å². The van der Waals surface area contributed by atoms with Crippen LogP contribution >= 0.6 is 22.6 Å². The van der Waals surface area contributed by atoms with Crippen LogP contribution in [0.4, 0.5) is 8.78 Å². The number of nitrogens with zero attached hydrogens (tertiary/aromatic N) is 2. The molecule has 0 spiro atoms. The van der Waals surface area contributed by atoms with E-state index in [0.717, 1.165) is 17.7 Å². The van der Waals surface area contributed by atoms with E-state index in [-0.39, 0.29) is 21.6 Å². The predicted molar refractivity (Wildman–Crippen MR) is 109 cm³/mol. The van der Waals surface area contributed by atoms with Crippen LogP contribution in [0.15, 0.2) is 47.5 Å². The number of carbonyl (C=O) groups is 1. The molecule has 0 atom stereocenters. The van der Waals surface area contributed by atoms with E-state index >= 15 is 0 Å². The molecule has 29 heavy (non-hydrogen) atoms. The zero-order chi connectivity index (χ0) is 21.1. The SMILES string of the molecule is COC(=O)c1ccc(C)c(-n2cnc(OCc3ccc(F)cc3F)c(I)c2=O)c1. The lowest BCUT2D eigenvalue weighted by Gasteiger charge is -2.13. The van der Waals surface area contributed by atoms with Crippen molar-refractivity contribution in [3.63, 3.8) is 0 Å². The average molecular weight is 512 g/mol. The van der Waals surface area contributed by atoms with Gasteiger partial charge in [0.2, 0.25) is 5.88 Å². The van der Waals surface area contributed by atoms with E-state index in [2.05, 4.69) is 4.98 Å². The molecule has 150 valence electrons. The molecular weight excluding hydrogens is 497 g/mol. The lowest BCUT2D eigenvalue weighted by molar-refractivity contribution is 0.0600. The lowest BCUT2D eigenvalue weighted by atomic mass is 10.1. The summed E-state index contributed by atoms with van der Waals surface area (Å²) in [6.07, 6.45) is 1.27. The minimum absolute atomic E-state index is 0.0253. The summed E-state index contributed by atoms with van der Waals surface area (Å²) in [5.74, 6) is -1.93. The van der Waals surface area contributed by atoms with E-state index in [0.29, 0.717) is 11.3 Å². The van der Waals surface area contributed by atoms with Gasteiger partial charge in [-0.15, -0.1) is 0 Å². The van der Waals surface area contributed by atoms with Crippen molar-refractivity contribution < 1.29 is 23.0 Å². The maximum atomic E-state index is 13.7. The van der Waals surface area contributed by atoms with E-state index in [1.807, 2.05) is 0 Å². The smallest absolute Gasteiger partial charge is 0.337 e. The Hall–Kier alpha value is -2.82. The third-order valence-corrected chi connectivity index (χ3v) is 5.08. The number of ether oxygens (including phenoxy) is 2. The highest BCUT2D eigenvalue weighted by Gasteiger charge is 2.16. The van der Waals surface area contributed by atoms with Crippen molar-refractivity contribution in [3.05, 3.63) is 85.0 Å². The number of benzene rings is 2. The van der Waals surface area contributed by atoms with Crippen LogP contribution in [0.3, 0.4) is 0 Å². The fourth-order valence-electron chi connectivity index (χ4n) is 2.59. The number of carbonyl (C=O) groups excluding carboxylic acids is 1. The van der Waals surface area contributed by atoms with Crippen LogP contribution in [0, 0.1) is 22.1 Å². The first-order chi connectivity index (χ1) is 13.8. The van der Waals surface area contributed by atoms with Gasteiger partial charge in [-0.3, -0.25) is 9.36 Å². The highest BCUT2D eigenvalue weighted by Crippen LogP contribution is 2.20. The molecule has 0 aliphatic rings. The quantitative estimate of drug-likeness (QED) is 0.385. The lowest BCUT2D eigenvalue weighted by Crippen LogP contribution is -2.23. The summed E-state index contributed by atoms with van der Waals surface area (Å²) in [5, 5.41) is 0. The van der Waals surface area contributed by atoms with Gasteiger partial charge < -0.3 is 9.47 Å². The summed E-state index contributed by atoms with van der Waals surface area (Å²) in [5.41, 5.74) is 1.23. The fraction of sp³-hybridized carbons (Fsp3) is 0.150. The van der Waals surface area contributed by atoms with Gasteiger partial charge in [-0.2, -0.15) is 0 Å². The normalized spacial score (nSPS) is 10.7. The van der Waals surface area contributed by atoms with Gasteiger partial charge in [0.05, 0.1) is 18.4 Å². The van der Waals surface area contributed by atoms with Crippen molar-refractivity contribution in [1.82, 2.24) is 9.55 Å². The minimum Gasteiger partial charge on any atom is -0.472 e. The molecule has 1 aromatic heterocycles. The van der Waals surface area contributed by atoms with Gasteiger partial charge in [0.15, 0.2) is 0 Å². The summed E-state index contributed by atoms with van der Waals surface area (Å²) in [6.45, 7) is 1.58. The van der Waals surface area contributed by atoms with Crippen LogP contribution < -0.4 is 10.3 Å². The van der Waals surface area contributed by atoms with Crippen molar-refractivity contribution in [2.75, 3.05) is 7.11 Å². The highest BCUT2D eigenvalue weighted by atomic mass is 127. The van der Waals surface area contributed by atoms with Crippen molar-refractivity contribution in [1.29, 1.82) is 0 Å². The zero-order valence-electron chi connectivity index (χ0n) is 15.4. The van der Waals surface area contributed by atoms with Gasteiger partial charge in [0, 0.05) is 11.6 Å². The van der Waals surface area contributed by atoms with Crippen LogP contribution in [0.1, 0.15) is 21.5 Å². The highest BCUT2D eigenvalue weighted by molar-refractivity contribution is 14.1. The Bertz CT molecular complexity index is 1150. The number of esters is 1. The van der Waals surface area contributed by atoms with Gasteiger partial charge in [0.25, 0.3) is 5.56 Å². The first-order valence-corrected chi connectivity index (χ1v) is 9.43. The molecule has 0 fully saturated rings. The molecule has 0 saturated heterocycles. The molecule has 3 aromatic rings. The number of hydrogen-bond acceptors (Lipinski definition) is 5. The van der Waals surface area contributed by atoms with Crippen molar-refractivity contribution >= 4 is 28.6 Å². The molecule has 0 radical (unpaired) electrons. The van der Waals surface area contributed by atoms with Gasteiger partial charge in [-0.05, 0) is 59.3 Å². The van der Waals surface area contributed by atoms with Crippen LogP contribution in [0.2, 0.25) is 0 Å². The summed E-state index contributed by atoms with van der Waals surface area (Å²) in [4.78, 5) is 28.7. The Labute approximate surface area is 178 Å².